The lowest BCUT2D eigenvalue weighted by Gasteiger charge is -2.25. The minimum atomic E-state index is -0.570. The third-order valence-corrected chi connectivity index (χ3v) is 4.79. The van der Waals surface area contributed by atoms with Crippen LogP contribution in [0.15, 0.2) is 33.9 Å². The van der Waals surface area contributed by atoms with E-state index >= 15 is 0 Å². The first-order valence-corrected chi connectivity index (χ1v) is 8.63. The van der Waals surface area contributed by atoms with Crippen molar-refractivity contribution in [3.8, 4) is 0 Å². The van der Waals surface area contributed by atoms with Crippen molar-refractivity contribution in [2.75, 3.05) is 13.1 Å². The number of hydrogen-bond acceptors (Lipinski definition) is 3. The van der Waals surface area contributed by atoms with E-state index in [1.807, 2.05) is 11.8 Å². The second-order valence-corrected chi connectivity index (χ2v) is 6.18. The highest BCUT2D eigenvalue weighted by atomic mass is 16.2. The molecule has 1 atom stereocenters. The summed E-state index contributed by atoms with van der Waals surface area (Å²) in [6.07, 6.45) is 2.53. The van der Waals surface area contributed by atoms with Crippen LogP contribution >= 0.6 is 0 Å². The molecule has 1 aromatic carbocycles. The van der Waals surface area contributed by atoms with Crippen molar-refractivity contribution < 1.29 is 4.79 Å². The van der Waals surface area contributed by atoms with Gasteiger partial charge in [-0.2, -0.15) is 0 Å². The molecule has 0 spiro atoms. The Morgan fingerprint density at radius 2 is 1.79 bits per heavy atom. The SMILES string of the molecule is CCC(C(=O)N1CCCC1)n1c(=O)n(CC)c(=O)c2ccccc21. The van der Waals surface area contributed by atoms with E-state index in [2.05, 4.69) is 0 Å². The molecule has 0 saturated carbocycles. The predicted molar refractivity (Wildman–Crippen MR) is 93.3 cm³/mol. The van der Waals surface area contributed by atoms with Crippen LogP contribution < -0.4 is 11.2 Å². The average molecular weight is 329 g/mol. The van der Waals surface area contributed by atoms with E-state index in [4.69, 9.17) is 0 Å². The molecule has 0 bridgehead atoms. The third-order valence-electron chi connectivity index (χ3n) is 4.79. The lowest BCUT2D eigenvalue weighted by Crippen LogP contribution is -2.45. The van der Waals surface area contributed by atoms with Crippen molar-refractivity contribution >= 4 is 16.8 Å². The summed E-state index contributed by atoms with van der Waals surface area (Å²) in [6, 6.07) is 6.46. The van der Waals surface area contributed by atoms with Crippen molar-refractivity contribution in [1.29, 1.82) is 0 Å². The smallest absolute Gasteiger partial charge is 0.332 e. The van der Waals surface area contributed by atoms with Crippen molar-refractivity contribution in [2.45, 2.75) is 45.7 Å². The van der Waals surface area contributed by atoms with Crippen LogP contribution in [-0.4, -0.2) is 33.0 Å². The summed E-state index contributed by atoms with van der Waals surface area (Å²) in [6.45, 7) is 5.45. The second-order valence-electron chi connectivity index (χ2n) is 6.18. The molecular weight excluding hydrogens is 306 g/mol. The summed E-state index contributed by atoms with van der Waals surface area (Å²) in [4.78, 5) is 40.2. The van der Waals surface area contributed by atoms with Gasteiger partial charge < -0.3 is 4.90 Å². The van der Waals surface area contributed by atoms with E-state index in [-0.39, 0.29) is 18.0 Å². The summed E-state index contributed by atoms with van der Waals surface area (Å²) in [5.41, 5.74) is -0.157. The van der Waals surface area contributed by atoms with Gasteiger partial charge in [0.15, 0.2) is 0 Å². The highest BCUT2D eigenvalue weighted by molar-refractivity contribution is 5.84. The Balaban J connectivity index is 2.25. The van der Waals surface area contributed by atoms with Gasteiger partial charge in [0.05, 0.1) is 10.9 Å². The Morgan fingerprint density at radius 3 is 2.42 bits per heavy atom. The number of hydrogen-bond donors (Lipinski definition) is 0. The zero-order valence-electron chi connectivity index (χ0n) is 14.2. The Labute approximate surface area is 140 Å². The summed E-state index contributed by atoms with van der Waals surface area (Å²) >= 11 is 0. The summed E-state index contributed by atoms with van der Waals surface area (Å²) in [5, 5.41) is 0.478. The minimum absolute atomic E-state index is 0.0245. The molecule has 0 aliphatic carbocycles. The van der Waals surface area contributed by atoms with E-state index in [1.54, 1.807) is 31.2 Å². The maximum absolute atomic E-state index is 12.9. The van der Waals surface area contributed by atoms with Crippen LogP contribution in [0.5, 0.6) is 0 Å². The summed E-state index contributed by atoms with van der Waals surface area (Å²) in [7, 11) is 0. The number of amides is 1. The molecule has 1 amide bonds. The molecule has 0 N–H and O–H groups in total. The molecule has 1 aliphatic rings. The van der Waals surface area contributed by atoms with Crippen LogP contribution in [0.4, 0.5) is 0 Å². The largest absolute Gasteiger partial charge is 0.341 e. The van der Waals surface area contributed by atoms with E-state index in [0.29, 0.717) is 17.3 Å². The van der Waals surface area contributed by atoms with E-state index in [9.17, 15) is 14.4 Å². The number of rotatable bonds is 4. The van der Waals surface area contributed by atoms with Crippen LogP contribution in [0, 0.1) is 0 Å². The molecule has 128 valence electrons. The van der Waals surface area contributed by atoms with Crippen molar-refractivity contribution in [2.24, 2.45) is 0 Å². The highest BCUT2D eigenvalue weighted by Crippen LogP contribution is 2.21. The maximum Gasteiger partial charge on any atom is 0.332 e. The standard InChI is InChI=1S/C18H23N3O3/c1-3-14(17(23)19-11-7-8-12-19)21-15-10-6-5-9-13(15)16(22)20(4-2)18(21)24/h5-6,9-10,14H,3-4,7-8,11-12H2,1-2H3. The lowest BCUT2D eigenvalue weighted by atomic mass is 10.1. The first-order valence-electron chi connectivity index (χ1n) is 8.63. The van der Waals surface area contributed by atoms with Gasteiger partial charge in [-0.25, -0.2) is 4.79 Å². The van der Waals surface area contributed by atoms with E-state index < -0.39 is 11.7 Å². The monoisotopic (exact) mass is 329 g/mol. The van der Waals surface area contributed by atoms with Gasteiger partial charge >= 0.3 is 5.69 Å². The van der Waals surface area contributed by atoms with Crippen LogP contribution in [0.25, 0.3) is 10.9 Å². The predicted octanol–water partition coefficient (Wildman–Crippen LogP) is 1.76. The first kappa shape index (κ1) is 16.5. The zero-order valence-corrected chi connectivity index (χ0v) is 14.2. The molecule has 2 aromatic rings. The molecule has 1 aliphatic heterocycles. The Bertz CT molecular complexity index is 875. The molecule has 1 unspecified atom stereocenters. The molecule has 6 nitrogen and oxygen atoms in total. The maximum atomic E-state index is 12.9. The van der Waals surface area contributed by atoms with Crippen LogP contribution in [-0.2, 0) is 11.3 Å². The third kappa shape index (κ3) is 2.56. The van der Waals surface area contributed by atoms with E-state index in [1.165, 1.54) is 9.13 Å². The first-order chi connectivity index (χ1) is 11.6. The number of fused-ring (bicyclic) bond motifs is 1. The normalized spacial score (nSPS) is 15.8. The minimum Gasteiger partial charge on any atom is -0.341 e. The second kappa shape index (κ2) is 6.63. The molecule has 2 heterocycles. The topological polar surface area (TPSA) is 64.3 Å². The molecule has 1 fully saturated rings. The van der Waals surface area contributed by atoms with Crippen molar-refractivity contribution in [3.05, 3.63) is 45.1 Å². The van der Waals surface area contributed by atoms with Crippen molar-refractivity contribution in [3.63, 3.8) is 0 Å². The number of benzene rings is 1. The Hall–Kier alpha value is -2.37. The van der Waals surface area contributed by atoms with Gasteiger partial charge in [0, 0.05) is 19.6 Å². The number of nitrogens with zero attached hydrogens (tertiary/aromatic N) is 3. The number of carbonyl (C=O) groups excluding carboxylic acids is 1. The number of para-hydroxylation sites is 1. The van der Waals surface area contributed by atoms with Gasteiger partial charge in [-0.05, 0) is 38.3 Å². The van der Waals surface area contributed by atoms with Crippen LogP contribution in [0.1, 0.15) is 39.2 Å². The van der Waals surface area contributed by atoms with Gasteiger partial charge in [-0.1, -0.05) is 19.1 Å². The quantitative estimate of drug-likeness (QED) is 0.858. The van der Waals surface area contributed by atoms with Gasteiger partial charge in [0.1, 0.15) is 6.04 Å². The van der Waals surface area contributed by atoms with Gasteiger partial charge in [0.25, 0.3) is 5.56 Å². The molecule has 1 saturated heterocycles. The van der Waals surface area contributed by atoms with Crippen LogP contribution in [0.2, 0.25) is 0 Å². The summed E-state index contributed by atoms with van der Waals surface area (Å²) < 4.78 is 2.73. The molecule has 6 heteroatoms. The molecule has 3 rings (SSSR count). The fraction of sp³-hybridized carbons (Fsp3) is 0.500. The number of likely N-dealkylation sites (tertiary alicyclic amines) is 1. The van der Waals surface area contributed by atoms with Gasteiger partial charge in [0.2, 0.25) is 5.91 Å². The molecular formula is C18H23N3O3. The Kier molecular flexibility index (Phi) is 4.55. The van der Waals surface area contributed by atoms with Gasteiger partial charge in [-0.3, -0.25) is 18.7 Å². The van der Waals surface area contributed by atoms with Crippen LogP contribution in [0.3, 0.4) is 0 Å². The Morgan fingerprint density at radius 1 is 1.12 bits per heavy atom. The molecule has 0 radical (unpaired) electrons. The number of carbonyl (C=O) groups is 1. The zero-order chi connectivity index (χ0) is 17.3. The highest BCUT2D eigenvalue weighted by Gasteiger charge is 2.29. The average Bonchev–Trinajstić information content (AvgIpc) is 3.13. The fourth-order valence-electron chi connectivity index (χ4n) is 3.53. The van der Waals surface area contributed by atoms with E-state index in [0.717, 1.165) is 25.9 Å². The fourth-order valence-corrected chi connectivity index (χ4v) is 3.53. The lowest BCUT2D eigenvalue weighted by molar-refractivity contribution is -0.133. The summed E-state index contributed by atoms with van der Waals surface area (Å²) in [5.74, 6) is -0.0245. The number of aromatic nitrogens is 2. The molecule has 1 aromatic heterocycles. The van der Waals surface area contributed by atoms with Gasteiger partial charge in [-0.15, -0.1) is 0 Å². The van der Waals surface area contributed by atoms with Crippen molar-refractivity contribution in [1.82, 2.24) is 14.0 Å². The molecule has 24 heavy (non-hydrogen) atoms.